The van der Waals surface area contributed by atoms with E-state index in [1.165, 1.54) is 0 Å². The number of hydrogen-bond donors (Lipinski definition) is 0. The van der Waals surface area contributed by atoms with Gasteiger partial charge in [-0.2, -0.15) is 0 Å². The van der Waals surface area contributed by atoms with Gasteiger partial charge in [0.15, 0.2) is 5.67 Å². The SMILES string of the molecule is FC1(c2ccccc2)C(c2ccccc2)=C1c1ccccc1. The van der Waals surface area contributed by atoms with Crippen LogP contribution < -0.4 is 0 Å². The summed E-state index contributed by atoms with van der Waals surface area (Å²) in [6.07, 6.45) is 0. The van der Waals surface area contributed by atoms with Gasteiger partial charge in [-0.1, -0.05) is 91.0 Å². The molecular formula is C21H15F. The first-order valence-electron chi connectivity index (χ1n) is 7.42. The number of rotatable bonds is 3. The molecule has 0 atom stereocenters. The Morgan fingerprint density at radius 3 is 1.27 bits per heavy atom. The summed E-state index contributed by atoms with van der Waals surface area (Å²) in [6.45, 7) is 0. The molecule has 1 aliphatic rings. The fourth-order valence-corrected chi connectivity index (χ4v) is 3.11. The Labute approximate surface area is 129 Å². The molecule has 0 fully saturated rings. The average molecular weight is 286 g/mol. The van der Waals surface area contributed by atoms with E-state index < -0.39 is 5.67 Å². The van der Waals surface area contributed by atoms with E-state index in [9.17, 15) is 0 Å². The minimum atomic E-state index is -1.48. The monoisotopic (exact) mass is 286 g/mol. The molecule has 0 unspecified atom stereocenters. The van der Waals surface area contributed by atoms with E-state index >= 15 is 4.39 Å². The molecule has 0 aromatic heterocycles. The fraction of sp³-hybridized carbons (Fsp3) is 0.0476. The van der Waals surface area contributed by atoms with Gasteiger partial charge >= 0.3 is 0 Å². The van der Waals surface area contributed by atoms with Crippen LogP contribution in [0.1, 0.15) is 16.7 Å². The largest absolute Gasteiger partial charge is 0.228 e. The zero-order valence-corrected chi connectivity index (χ0v) is 12.0. The molecule has 0 aliphatic heterocycles. The lowest BCUT2D eigenvalue weighted by Crippen LogP contribution is -2.05. The molecule has 0 radical (unpaired) electrons. The van der Waals surface area contributed by atoms with Crippen LogP contribution in [0, 0.1) is 0 Å². The molecule has 1 aliphatic carbocycles. The van der Waals surface area contributed by atoms with Gasteiger partial charge in [0.05, 0.1) is 0 Å². The molecule has 22 heavy (non-hydrogen) atoms. The Hall–Kier alpha value is -2.67. The number of alkyl halides is 1. The van der Waals surface area contributed by atoms with Crippen molar-refractivity contribution in [3.05, 3.63) is 108 Å². The fourth-order valence-electron chi connectivity index (χ4n) is 3.11. The Morgan fingerprint density at radius 2 is 0.864 bits per heavy atom. The topological polar surface area (TPSA) is 0 Å². The number of hydrogen-bond acceptors (Lipinski definition) is 0. The van der Waals surface area contributed by atoms with Gasteiger partial charge in [-0.15, -0.1) is 0 Å². The first kappa shape index (κ1) is 13.0. The molecular weight excluding hydrogens is 271 g/mol. The van der Waals surface area contributed by atoms with Crippen LogP contribution in [0.25, 0.3) is 11.1 Å². The van der Waals surface area contributed by atoms with Gasteiger partial charge in [-0.05, 0) is 16.7 Å². The maximum atomic E-state index is 15.9. The molecule has 1 heteroatoms. The van der Waals surface area contributed by atoms with Crippen molar-refractivity contribution < 1.29 is 4.39 Å². The van der Waals surface area contributed by atoms with Crippen molar-refractivity contribution in [2.24, 2.45) is 0 Å². The minimum absolute atomic E-state index is 0.702. The summed E-state index contributed by atoms with van der Waals surface area (Å²) in [6, 6.07) is 29.0. The predicted octanol–water partition coefficient (Wildman–Crippen LogP) is 5.48. The van der Waals surface area contributed by atoms with Gasteiger partial charge in [-0.3, -0.25) is 0 Å². The van der Waals surface area contributed by atoms with Crippen molar-refractivity contribution in [3.8, 4) is 0 Å². The van der Waals surface area contributed by atoms with E-state index in [0.717, 1.165) is 22.3 Å². The number of benzene rings is 3. The molecule has 0 saturated heterocycles. The van der Waals surface area contributed by atoms with Gasteiger partial charge in [0.1, 0.15) is 0 Å². The Morgan fingerprint density at radius 1 is 0.500 bits per heavy atom. The van der Waals surface area contributed by atoms with E-state index in [2.05, 4.69) is 0 Å². The van der Waals surface area contributed by atoms with Gasteiger partial charge < -0.3 is 0 Å². The Bertz CT molecular complexity index is 768. The van der Waals surface area contributed by atoms with Crippen LogP contribution in [0.15, 0.2) is 91.0 Å². The summed E-state index contributed by atoms with van der Waals surface area (Å²) in [4.78, 5) is 0. The lowest BCUT2D eigenvalue weighted by Gasteiger charge is -2.11. The zero-order valence-electron chi connectivity index (χ0n) is 12.0. The first-order chi connectivity index (χ1) is 10.8. The predicted molar refractivity (Wildman–Crippen MR) is 88.9 cm³/mol. The minimum Gasteiger partial charge on any atom is -0.228 e. The second kappa shape index (κ2) is 4.96. The summed E-state index contributed by atoms with van der Waals surface area (Å²) in [5.41, 5.74) is 2.69. The quantitative estimate of drug-likeness (QED) is 0.598. The highest BCUT2D eigenvalue weighted by Gasteiger charge is 2.56. The molecule has 0 saturated carbocycles. The van der Waals surface area contributed by atoms with Crippen molar-refractivity contribution in [1.82, 2.24) is 0 Å². The summed E-state index contributed by atoms with van der Waals surface area (Å²) >= 11 is 0. The van der Waals surface area contributed by atoms with Crippen molar-refractivity contribution in [2.75, 3.05) is 0 Å². The van der Waals surface area contributed by atoms with Crippen LogP contribution in [0.4, 0.5) is 4.39 Å². The number of halogens is 1. The normalized spacial score (nSPS) is 15.7. The van der Waals surface area contributed by atoms with Gasteiger partial charge in [0.25, 0.3) is 0 Å². The molecule has 0 amide bonds. The lowest BCUT2D eigenvalue weighted by molar-refractivity contribution is 0.372. The highest BCUT2D eigenvalue weighted by Crippen LogP contribution is 2.65. The Balaban J connectivity index is 1.88. The standard InChI is InChI=1S/C21H15F/c22-21(18-14-8-3-9-15-18)19(16-10-4-1-5-11-16)20(21)17-12-6-2-7-13-17/h1-15H. The van der Waals surface area contributed by atoms with E-state index in [-0.39, 0.29) is 0 Å². The molecule has 3 aromatic carbocycles. The maximum Gasteiger partial charge on any atom is 0.188 e. The van der Waals surface area contributed by atoms with Crippen LogP contribution in [0.5, 0.6) is 0 Å². The van der Waals surface area contributed by atoms with E-state index in [0.29, 0.717) is 5.56 Å². The van der Waals surface area contributed by atoms with Crippen molar-refractivity contribution in [2.45, 2.75) is 5.67 Å². The van der Waals surface area contributed by atoms with Crippen LogP contribution in [-0.2, 0) is 5.67 Å². The van der Waals surface area contributed by atoms with Gasteiger partial charge in [0, 0.05) is 11.1 Å². The molecule has 0 spiro atoms. The molecule has 0 N–H and O–H groups in total. The number of allylic oxidation sites excluding steroid dienone is 2. The molecule has 3 aromatic rings. The van der Waals surface area contributed by atoms with Gasteiger partial charge in [0.2, 0.25) is 0 Å². The van der Waals surface area contributed by atoms with E-state index in [1.54, 1.807) is 0 Å². The van der Waals surface area contributed by atoms with E-state index in [1.807, 2.05) is 91.0 Å². The average Bonchev–Trinajstić information content (AvgIpc) is 3.24. The van der Waals surface area contributed by atoms with E-state index in [4.69, 9.17) is 0 Å². The summed E-state index contributed by atoms with van der Waals surface area (Å²) in [7, 11) is 0. The second-order valence-electron chi connectivity index (χ2n) is 5.51. The van der Waals surface area contributed by atoms with Crippen molar-refractivity contribution >= 4 is 11.1 Å². The molecule has 4 rings (SSSR count). The maximum absolute atomic E-state index is 15.9. The van der Waals surface area contributed by atoms with Crippen molar-refractivity contribution in [3.63, 3.8) is 0 Å². The van der Waals surface area contributed by atoms with Crippen LogP contribution in [0.3, 0.4) is 0 Å². The summed E-state index contributed by atoms with van der Waals surface area (Å²) < 4.78 is 15.9. The third kappa shape index (κ3) is 1.90. The molecule has 0 bridgehead atoms. The molecule has 0 heterocycles. The third-order valence-corrected chi connectivity index (χ3v) is 4.17. The summed E-state index contributed by atoms with van der Waals surface area (Å²) in [5, 5.41) is 0. The van der Waals surface area contributed by atoms with Crippen molar-refractivity contribution in [1.29, 1.82) is 0 Å². The lowest BCUT2D eigenvalue weighted by atomic mass is 9.98. The third-order valence-electron chi connectivity index (χ3n) is 4.17. The van der Waals surface area contributed by atoms with Crippen LogP contribution >= 0.6 is 0 Å². The van der Waals surface area contributed by atoms with Gasteiger partial charge in [-0.25, -0.2) is 4.39 Å². The second-order valence-corrected chi connectivity index (χ2v) is 5.51. The Kier molecular flexibility index (Phi) is 2.93. The highest BCUT2D eigenvalue weighted by atomic mass is 19.1. The van der Waals surface area contributed by atoms with Crippen LogP contribution in [-0.4, -0.2) is 0 Å². The smallest absolute Gasteiger partial charge is 0.188 e. The summed E-state index contributed by atoms with van der Waals surface area (Å²) in [5.74, 6) is 0. The van der Waals surface area contributed by atoms with Crippen LogP contribution in [0.2, 0.25) is 0 Å². The molecule has 106 valence electrons. The molecule has 0 nitrogen and oxygen atoms in total. The first-order valence-corrected chi connectivity index (χ1v) is 7.42. The zero-order chi connectivity index (χ0) is 15.0. The highest BCUT2D eigenvalue weighted by molar-refractivity contribution is 6.17.